The number of aliphatic carboxylic acids is 1. The summed E-state index contributed by atoms with van der Waals surface area (Å²) in [7, 11) is -4.28. The van der Waals surface area contributed by atoms with Crippen LogP contribution < -0.4 is 14.5 Å². The van der Waals surface area contributed by atoms with Crippen LogP contribution >= 0.6 is 23.2 Å². The van der Waals surface area contributed by atoms with Crippen LogP contribution in [0.5, 0.6) is 0 Å². The lowest BCUT2D eigenvalue weighted by atomic mass is 10.1. The van der Waals surface area contributed by atoms with Gasteiger partial charge in [0.2, 0.25) is 0 Å². The van der Waals surface area contributed by atoms with Gasteiger partial charge in [0.1, 0.15) is 12.4 Å². The Morgan fingerprint density at radius 1 is 0.974 bits per heavy atom. The molecule has 0 aliphatic carbocycles. The third-order valence-electron chi connectivity index (χ3n) is 6.15. The van der Waals surface area contributed by atoms with E-state index >= 15 is 0 Å². The van der Waals surface area contributed by atoms with Crippen LogP contribution in [-0.2, 0) is 14.8 Å². The van der Waals surface area contributed by atoms with Crippen molar-refractivity contribution >= 4 is 61.5 Å². The summed E-state index contributed by atoms with van der Waals surface area (Å²) in [6.45, 7) is 2.76. The van der Waals surface area contributed by atoms with Crippen LogP contribution in [0.2, 0.25) is 10.0 Å². The molecule has 196 valence electrons. The van der Waals surface area contributed by atoms with Crippen molar-refractivity contribution in [3.8, 4) is 11.4 Å². The summed E-state index contributed by atoms with van der Waals surface area (Å²) >= 11 is 12.0. The minimum absolute atomic E-state index is 0.126. The van der Waals surface area contributed by atoms with Gasteiger partial charge in [-0.2, -0.15) is 0 Å². The Morgan fingerprint density at radius 3 is 2.37 bits per heavy atom. The van der Waals surface area contributed by atoms with E-state index in [1.165, 1.54) is 18.2 Å². The molecule has 9 nitrogen and oxygen atoms in total. The molecule has 38 heavy (non-hydrogen) atoms. The molecule has 2 heterocycles. The lowest BCUT2D eigenvalue weighted by molar-refractivity contribution is -0.135. The molecule has 0 saturated carbocycles. The Bertz CT molecular complexity index is 1610. The second-order valence-electron chi connectivity index (χ2n) is 8.73. The van der Waals surface area contributed by atoms with Crippen molar-refractivity contribution < 1.29 is 18.3 Å². The van der Waals surface area contributed by atoms with Crippen molar-refractivity contribution in [3.63, 3.8) is 0 Å². The third kappa shape index (κ3) is 5.53. The zero-order valence-electron chi connectivity index (χ0n) is 20.0. The molecule has 0 bridgehead atoms. The zero-order valence-corrected chi connectivity index (χ0v) is 22.3. The van der Waals surface area contributed by atoms with E-state index in [1.54, 1.807) is 24.4 Å². The molecule has 1 aromatic heterocycles. The summed E-state index contributed by atoms with van der Waals surface area (Å²) < 4.78 is 27.7. The third-order valence-corrected chi connectivity index (χ3v) is 8.34. The van der Waals surface area contributed by atoms with Crippen molar-refractivity contribution in [1.29, 1.82) is 0 Å². The number of hydrogen-bond donors (Lipinski definition) is 2. The van der Waals surface area contributed by atoms with E-state index in [1.807, 2.05) is 24.3 Å². The van der Waals surface area contributed by atoms with E-state index < -0.39 is 22.5 Å². The molecule has 3 aromatic carbocycles. The highest BCUT2D eigenvalue weighted by Gasteiger charge is 2.28. The van der Waals surface area contributed by atoms with Crippen LogP contribution in [0.3, 0.4) is 0 Å². The smallest absolute Gasteiger partial charge is 0.324 e. The summed E-state index contributed by atoms with van der Waals surface area (Å²) in [5.41, 5.74) is 1.01. The van der Waals surface area contributed by atoms with Gasteiger partial charge < -0.3 is 15.3 Å². The highest BCUT2D eigenvalue weighted by atomic mass is 35.5. The standard InChI is InChI=1S/C26H23Cl2N5O4S/c27-20-13-21(28)15-23(14-20)38(36,37)33(16-25(34)35)22-4-3-17-11-19(2-1-18(17)12-22)26-30-6-5-24(31-26)32-9-7-29-8-10-32/h1-6,11-15,29H,7-10,16H2,(H,34,35). The SMILES string of the molecule is O=C(O)CN(c1ccc2cc(-c3nccc(N4CCNCC4)n3)ccc2c1)S(=O)(=O)c1cc(Cl)cc(Cl)c1. The molecular weight excluding hydrogens is 549 g/mol. The van der Waals surface area contributed by atoms with E-state index in [9.17, 15) is 18.3 Å². The minimum atomic E-state index is -4.28. The van der Waals surface area contributed by atoms with Crippen LogP contribution in [0.25, 0.3) is 22.2 Å². The molecule has 2 N–H and O–H groups in total. The number of halogens is 2. The molecule has 0 atom stereocenters. The fourth-order valence-corrected chi connectivity index (χ4v) is 6.46. The van der Waals surface area contributed by atoms with Crippen LogP contribution in [0.4, 0.5) is 11.5 Å². The quantitative estimate of drug-likeness (QED) is 0.337. The Hall–Kier alpha value is -3.44. The van der Waals surface area contributed by atoms with Crippen molar-refractivity contribution in [1.82, 2.24) is 15.3 Å². The molecule has 1 saturated heterocycles. The Kier molecular flexibility index (Phi) is 7.40. The van der Waals surface area contributed by atoms with Crippen LogP contribution in [0.1, 0.15) is 0 Å². The average Bonchev–Trinajstić information content (AvgIpc) is 2.91. The Morgan fingerprint density at radius 2 is 1.66 bits per heavy atom. The number of rotatable bonds is 7. The molecule has 1 aliphatic heterocycles. The maximum atomic E-state index is 13.4. The lowest BCUT2D eigenvalue weighted by Crippen LogP contribution is -2.43. The number of sulfonamides is 1. The summed E-state index contributed by atoms with van der Waals surface area (Å²) in [4.78, 5) is 22.8. The largest absolute Gasteiger partial charge is 0.480 e. The van der Waals surface area contributed by atoms with Crippen molar-refractivity contribution in [2.24, 2.45) is 0 Å². The lowest BCUT2D eigenvalue weighted by Gasteiger charge is -2.28. The number of nitrogens with zero attached hydrogens (tertiary/aromatic N) is 4. The summed E-state index contributed by atoms with van der Waals surface area (Å²) in [6, 6.07) is 16.3. The molecule has 0 radical (unpaired) electrons. The van der Waals surface area contributed by atoms with Gasteiger partial charge in [0.25, 0.3) is 10.0 Å². The molecule has 4 aromatic rings. The number of benzene rings is 3. The fourth-order valence-electron chi connectivity index (χ4n) is 4.33. The average molecular weight is 572 g/mol. The van der Waals surface area contributed by atoms with Crippen LogP contribution in [0, 0.1) is 0 Å². The molecule has 12 heteroatoms. The Labute approximate surface area is 229 Å². The van der Waals surface area contributed by atoms with E-state index in [2.05, 4.69) is 15.2 Å². The van der Waals surface area contributed by atoms with Gasteiger partial charge in [-0.1, -0.05) is 41.4 Å². The second-order valence-corrected chi connectivity index (χ2v) is 11.5. The summed E-state index contributed by atoms with van der Waals surface area (Å²) in [5, 5.41) is 14.6. The molecule has 5 rings (SSSR count). The topological polar surface area (TPSA) is 116 Å². The Balaban J connectivity index is 1.50. The number of carbonyl (C=O) groups is 1. The van der Waals surface area contributed by atoms with Gasteiger partial charge in [-0.3, -0.25) is 9.10 Å². The van der Waals surface area contributed by atoms with Gasteiger partial charge in [-0.05, 0) is 53.2 Å². The monoisotopic (exact) mass is 571 g/mol. The van der Waals surface area contributed by atoms with E-state index in [4.69, 9.17) is 28.2 Å². The first-order valence-corrected chi connectivity index (χ1v) is 13.9. The number of piperazine rings is 1. The van der Waals surface area contributed by atoms with E-state index in [0.29, 0.717) is 5.82 Å². The number of aromatic nitrogens is 2. The van der Waals surface area contributed by atoms with Gasteiger partial charge in [0.05, 0.1) is 10.6 Å². The number of hydrogen-bond acceptors (Lipinski definition) is 7. The van der Waals surface area contributed by atoms with Crippen LogP contribution in [0.15, 0.2) is 71.8 Å². The van der Waals surface area contributed by atoms with Gasteiger partial charge in [-0.25, -0.2) is 18.4 Å². The van der Waals surface area contributed by atoms with Crippen molar-refractivity contribution in [2.75, 3.05) is 41.9 Å². The number of carboxylic acids is 1. The van der Waals surface area contributed by atoms with E-state index in [0.717, 1.165) is 52.6 Å². The summed E-state index contributed by atoms with van der Waals surface area (Å²) in [5.74, 6) is 0.140. The predicted octanol–water partition coefficient (Wildman–Crippen LogP) is 4.29. The first-order chi connectivity index (χ1) is 18.2. The van der Waals surface area contributed by atoms with Gasteiger partial charge in [0.15, 0.2) is 5.82 Å². The van der Waals surface area contributed by atoms with Gasteiger partial charge in [-0.15, -0.1) is 0 Å². The highest BCUT2D eigenvalue weighted by molar-refractivity contribution is 7.92. The highest BCUT2D eigenvalue weighted by Crippen LogP contribution is 2.31. The summed E-state index contributed by atoms with van der Waals surface area (Å²) in [6.07, 6.45) is 1.74. The first kappa shape index (κ1) is 26.2. The second kappa shape index (κ2) is 10.7. The molecule has 1 fully saturated rings. The number of nitrogens with one attached hydrogen (secondary N) is 1. The van der Waals surface area contributed by atoms with Gasteiger partial charge >= 0.3 is 5.97 Å². The maximum absolute atomic E-state index is 13.4. The number of carboxylic acid groups (broad SMARTS) is 1. The number of anilines is 2. The molecule has 0 spiro atoms. The zero-order chi connectivity index (χ0) is 26.9. The van der Waals surface area contributed by atoms with Crippen LogP contribution in [-0.4, -0.2) is 62.2 Å². The fraction of sp³-hybridized carbons (Fsp3) is 0.192. The number of fused-ring (bicyclic) bond motifs is 1. The maximum Gasteiger partial charge on any atom is 0.324 e. The molecule has 0 amide bonds. The molecule has 0 unspecified atom stereocenters. The van der Waals surface area contributed by atoms with Crippen molar-refractivity contribution in [2.45, 2.75) is 4.90 Å². The van der Waals surface area contributed by atoms with E-state index in [-0.39, 0.29) is 20.6 Å². The molecular formula is C26H23Cl2N5O4S. The minimum Gasteiger partial charge on any atom is -0.480 e. The van der Waals surface area contributed by atoms with Crippen molar-refractivity contribution in [3.05, 3.63) is 76.9 Å². The predicted molar refractivity (Wildman–Crippen MR) is 149 cm³/mol. The normalized spacial score (nSPS) is 14.0. The first-order valence-electron chi connectivity index (χ1n) is 11.7. The van der Waals surface area contributed by atoms with Gasteiger partial charge in [0, 0.05) is 48.0 Å². The molecule has 1 aliphatic rings.